The van der Waals surface area contributed by atoms with Crippen LogP contribution in [-0.4, -0.2) is 47.4 Å². The Morgan fingerprint density at radius 1 is 0.933 bits per heavy atom. The highest BCUT2D eigenvalue weighted by molar-refractivity contribution is 5.79. The van der Waals surface area contributed by atoms with Crippen LogP contribution in [0.3, 0.4) is 0 Å². The first-order chi connectivity index (χ1) is 14.3. The summed E-state index contributed by atoms with van der Waals surface area (Å²) in [6.45, 7) is 5.07. The molecule has 164 valence electrons. The van der Waals surface area contributed by atoms with E-state index in [2.05, 4.69) is 5.32 Å². The van der Waals surface area contributed by atoms with Gasteiger partial charge in [-0.25, -0.2) is 0 Å². The van der Waals surface area contributed by atoms with E-state index in [-0.39, 0.29) is 11.9 Å². The molecule has 1 amide bonds. The quantitative estimate of drug-likeness (QED) is 0.616. The number of hydrogen-bond acceptors (Lipinski definition) is 5. The van der Waals surface area contributed by atoms with Crippen molar-refractivity contribution < 1.29 is 28.6 Å². The van der Waals surface area contributed by atoms with E-state index in [1.54, 1.807) is 28.4 Å². The molecule has 7 heteroatoms. The second-order valence-corrected chi connectivity index (χ2v) is 7.29. The number of likely N-dealkylation sites (N-methyl/N-ethyl adjacent to an activating group) is 1. The summed E-state index contributed by atoms with van der Waals surface area (Å²) < 4.78 is 21.3. The van der Waals surface area contributed by atoms with Crippen LogP contribution in [0.4, 0.5) is 0 Å². The number of carbonyl (C=O) groups is 1. The largest absolute Gasteiger partial charge is 0.493 e. The average Bonchev–Trinajstić information content (AvgIpc) is 2.77. The standard InChI is InChI=1S/C23H32N2O5/c1-15-10-20(28-5)22(30-7)12-18(15)14-25(3)16(2)23(26)24-13-17-8-9-19(27-4)21(11-17)29-6/h8-12,16H,13-14H2,1-7H3,(H,24,26)/p+1/t16-/m0/s1. The van der Waals surface area contributed by atoms with Crippen LogP contribution in [-0.2, 0) is 17.9 Å². The smallest absolute Gasteiger partial charge is 0.278 e. The zero-order valence-electron chi connectivity index (χ0n) is 18.9. The highest BCUT2D eigenvalue weighted by Gasteiger charge is 2.23. The fraction of sp³-hybridized carbons (Fsp3) is 0.435. The predicted molar refractivity (Wildman–Crippen MR) is 116 cm³/mol. The molecule has 0 saturated carbocycles. The van der Waals surface area contributed by atoms with Crippen molar-refractivity contribution in [1.82, 2.24) is 5.32 Å². The van der Waals surface area contributed by atoms with E-state index in [4.69, 9.17) is 18.9 Å². The third kappa shape index (κ3) is 5.57. The summed E-state index contributed by atoms with van der Waals surface area (Å²) in [4.78, 5) is 13.8. The van der Waals surface area contributed by atoms with Gasteiger partial charge in [-0.2, -0.15) is 0 Å². The van der Waals surface area contributed by atoms with Gasteiger partial charge in [-0.15, -0.1) is 0 Å². The van der Waals surface area contributed by atoms with Crippen LogP contribution in [0.1, 0.15) is 23.6 Å². The molecule has 0 saturated heterocycles. The Bertz CT molecular complexity index is 869. The first kappa shape index (κ1) is 23.3. The molecule has 2 rings (SSSR count). The zero-order valence-corrected chi connectivity index (χ0v) is 18.9. The molecule has 0 aliphatic rings. The summed E-state index contributed by atoms with van der Waals surface area (Å²) in [5.41, 5.74) is 3.16. The number of ether oxygens (including phenoxy) is 4. The van der Waals surface area contributed by atoms with Crippen molar-refractivity contribution in [2.24, 2.45) is 0 Å². The van der Waals surface area contributed by atoms with Crippen LogP contribution < -0.4 is 29.2 Å². The van der Waals surface area contributed by atoms with E-state index in [1.165, 1.54) is 0 Å². The van der Waals surface area contributed by atoms with E-state index in [0.29, 0.717) is 36.1 Å². The molecule has 2 aromatic carbocycles. The number of rotatable bonds is 10. The van der Waals surface area contributed by atoms with Crippen molar-refractivity contribution in [3.05, 3.63) is 47.0 Å². The summed E-state index contributed by atoms with van der Waals surface area (Å²) in [5, 5.41) is 3.01. The van der Waals surface area contributed by atoms with Gasteiger partial charge in [0.25, 0.3) is 5.91 Å². The molecule has 7 nitrogen and oxygen atoms in total. The Hall–Kier alpha value is -2.93. The Kier molecular flexibility index (Phi) is 8.35. The number of methoxy groups -OCH3 is 4. The maximum absolute atomic E-state index is 12.7. The topological polar surface area (TPSA) is 70.5 Å². The van der Waals surface area contributed by atoms with Gasteiger partial charge in [0.15, 0.2) is 29.0 Å². The summed E-state index contributed by atoms with van der Waals surface area (Å²) in [5.74, 6) is 2.69. The van der Waals surface area contributed by atoms with Gasteiger partial charge >= 0.3 is 0 Å². The van der Waals surface area contributed by atoms with E-state index < -0.39 is 0 Å². The Balaban J connectivity index is 2.01. The monoisotopic (exact) mass is 417 g/mol. The lowest BCUT2D eigenvalue weighted by Crippen LogP contribution is -3.12. The van der Waals surface area contributed by atoms with Gasteiger partial charge in [0.2, 0.25) is 0 Å². The van der Waals surface area contributed by atoms with Crippen molar-refractivity contribution in [3.63, 3.8) is 0 Å². The minimum atomic E-state index is -0.224. The molecule has 0 aromatic heterocycles. The van der Waals surface area contributed by atoms with Crippen molar-refractivity contribution in [3.8, 4) is 23.0 Å². The lowest BCUT2D eigenvalue weighted by atomic mass is 10.1. The number of nitrogens with one attached hydrogen (secondary N) is 2. The predicted octanol–water partition coefficient (Wildman–Crippen LogP) is 1.75. The number of hydrogen-bond donors (Lipinski definition) is 2. The molecule has 0 aliphatic heterocycles. The fourth-order valence-electron chi connectivity index (χ4n) is 3.22. The van der Waals surface area contributed by atoms with Gasteiger partial charge in [-0.05, 0) is 49.2 Å². The maximum Gasteiger partial charge on any atom is 0.278 e. The van der Waals surface area contributed by atoms with Crippen molar-refractivity contribution in [2.45, 2.75) is 33.0 Å². The fourth-order valence-corrected chi connectivity index (χ4v) is 3.22. The van der Waals surface area contributed by atoms with Gasteiger partial charge in [0.1, 0.15) is 6.54 Å². The molecule has 30 heavy (non-hydrogen) atoms. The van der Waals surface area contributed by atoms with Crippen molar-refractivity contribution in [1.29, 1.82) is 0 Å². The molecule has 0 heterocycles. The second kappa shape index (κ2) is 10.7. The number of amides is 1. The highest BCUT2D eigenvalue weighted by Crippen LogP contribution is 2.30. The lowest BCUT2D eigenvalue weighted by Gasteiger charge is -2.22. The molecule has 0 spiro atoms. The van der Waals surface area contributed by atoms with Crippen molar-refractivity contribution >= 4 is 5.91 Å². The first-order valence-electron chi connectivity index (χ1n) is 9.87. The SMILES string of the molecule is COc1ccc(CNC(=O)[C@H](C)[NH+](C)Cc2cc(OC)c(OC)cc2C)cc1OC. The molecule has 0 fully saturated rings. The minimum absolute atomic E-state index is 0.0135. The van der Waals surface area contributed by atoms with E-state index in [9.17, 15) is 4.79 Å². The van der Waals surface area contributed by atoms with Crippen LogP contribution in [0.25, 0.3) is 0 Å². The van der Waals surface area contributed by atoms with Crippen LogP contribution in [0.2, 0.25) is 0 Å². The van der Waals surface area contributed by atoms with Crippen LogP contribution in [0.15, 0.2) is 30.3 Å². The number of benzene rings is 2. The summed E-state index contributed by atoms with van der Waals surface area (Å²) in [6, 6.07) is 9.33. The van der Waals surface area contributed by atoms with E-state index in [1.807, 2.05) is 51.2 Å². The van der Waals surface area contributed by atoms with Gasteiger partial charge < -0.3 is 29.2 Å². The lowest BCUT2D eigenvalue weighted by molar-refractivity contribution is -0.908. The van der Waals surface area contributed by atoms with E-state index in [0.717, 1.165) is 21.6 Å². The second-order valence-electron chi connectivity index (χ2n) is 7.29. The molecule has 0 radical (unpaired) electrons. The van der Waals surface area contributed by atoms with Gasteiger partial charge in [0, 0.05) is 12.1 Å². The first-order valence-corrected chi connectivity index (χ1v) is 9.87. The Morgan fingerprint density at radius 2 is 1.50 bits per heavy atom. The van der Waals surface area contributed by atoms with Gasteiger partial charge in [0.05, 0.1) is 35.5 Å². The maximum atomic E-state index is 12.7. The summed E-state index contributed by atoms with van der Waals surface area (Å²) in [6.07, 6.45) is 0. The minimum Gasteiger partial charge on any atom is -0.493 e. The number of quaternary nitrogens is 1. The Morgan fingerprint density at radius 3 is 2.10 bits per heavy atom. The normalized spacial score (nSPS) is 12.6. The van der Waals surface area contributed by atoms with E-state index >= 15 is 0 Å². The number of carbonyl (C=O) groups excluding carboxylic acids is 1. The molecule has 1 unspecified atom stereocenters. The zero-order chi connectivity index (χ0) is 22.3. The average molecular weight is 418 g/mol. The van der Waals surface area contributed by atoms with Crippen LogP contribution in [0.5, 0.6) is 23.0 Å². The molecule has 2 aromatic rings. The summed E-state index contributed by atoms with van der Waals surface area (Å²) in [7, 11) is 8.45. The van der Waals surface area contributed by atoms with Gasteiger partial charge in [-0.1, -0.05) is 6.07 Å². The van der Waals surface area contributed by atoms with Gasteiger partial charge in [-0.3, -0.25) is 4.79 Å². The molecule has 0 aliphatic carbocycles. The highest BCUT2D eigenvalue weighted by atomic mass is 16.5. The molecule has 0 bridgehead atoms. The molecular formula is C23H33N2O5+. The summed E-state index contributed by atoms with van der Waals surface area (Å²) >= 11 is 0. The van der Waals surface area contributed by atoms with Crippen molar-refractivity contribution in [2.75, 3.05) is 35.5 Å². The third-order valence-electron chi connectivity index (χ3n) is 5.36. The molecule has 2 atom stereocenters. The molecular weight excluding hydrogens is 384 g/mol. The molecule has 2 N–H and O–H groups in total. The third-order valence-corrected chi connectivity index (χ3v) is 5.36. The van der Waals surface area contributed by atoms with Crippen LogP contribution in [0, 0.1) is 6.92 Å². The Labute approximate surface area is 178 Å². The van der Waals surface area contributed by atoms with Crippen LogP contribution >= 0.6 is 0 Å². The number of aryl methyl sites for hydroxylation is 1.